The number of piperidine rings is 1. The molecule has 2 aliphatic heterocycles. The molecule has 1 aliphatic carbocycles. The quantitative estimate of drug-likeness (QED) is 0.808. The summed E-state index contributed by atoms with van der Waals surface area (Å²) in [5.74, 6) is 1.30. The molecule has 7 nitrogen and oxygen atoms in total. The molecule has 2 saturated heterocycles. The molecule has 0 radical (unpaired) electrons. The Bertz CT molecular complexity index is 598. The molecule has 2 N–H and O–H groups in total. The zero-order valence-corrected chi connectivity index (χ0v) is 14.2. The Kier molecular flexibility index (Phi) is 4.22. The van der Waals surface area contributed by atoms with Crippen molar-refractivity contribution in [3.05, 3.63) is 17.5 Å². The van der Waals surface area contributed by atoms with Crippen molar-refractivity contribution >= 4 is 6.03 Å². The second-order valence-electron chi connectivity index (χ2n) is 7.28. The molecule has 1 aromatic heterocycles. The molecule has 2 bridgehead atoms. The zero-order chi connectivity index (χ0) is 16.7. The maximum absolute atomic E-state index is 12.7. The van der Waals surface area contributed by atoms with Crippen LogP contribution in [0.3, 0.4) is 0 Å². The maximum Gasteiger partial charge on any atom is 0.344 e. The van der Waals surface area contributed by atoms with Crippen LogP contribution in [-0.2, 0) is 4.84 Å². The van der Waals surface area contributed by atoms with E-state index in [9.17, 15) is 4.79 Å². The number of hydrogen-bond acceptors (Lipinski definition) is 5. The third-order valence-corrected chi connectivity index (χ3v) is 5.52. The molecule has 0 unspecified atom stereocenters. The van der Waals surface area contributed by atoms with Gasteiger partial charge in [-0.15, -0.1) is 0 Å². The lowest BCUT2D eigenvalue weighted by molar-refractivity contribution is -0.130. The fourth-order valence-corrected chi connectivity index (χ4v) is 3.96. The number of carbonyl (C=O) groups excluding carboxylic acids is 1. The molecule has 3 heterocycles. The van der Waals surface area contributed by atoms with Gasteiger partial charge in [0.05, 0.1) is 18.7 Å². The molecular weight excluding hydrogens is 308 g/mol. The molecule has 3 aliphatic rings. The van der Waals surface area contributed by atoms with E-state index in [0.29, 0.717) is 19.1 Å². The van der Waals surface area contributed by atoms with Gasteiger partial charge in [0, 0.05) is 24.6 Å². The van der Waals surface area contributed by atoms with Crippen molar-refractivity contribution in [1.82, 2.24) is 15.1 Å². The van der Waals surface area contributed by atoms with Crippen molar-refractivity contribution in [2.45, 2.75) is 69.5 Å². The third kappa shape index (κ3) is 2.69. The van der Waals surface area contributed by atoms with Crippen LogP contribution in [0.25, 0.3) is 0 Å². The van der Waals surface area contributed by atoms with Crippen LogP contribution in [0.1, 0.15) is 68.9 Å². The number of rotatable bonds is 6. The molecule has 3 fully saturated rings. The minimum atomic E-state index is -0.0335. The number of hydroxylamine groups is 2. The SMILES string of the molecule is CCCCON1C(=O)N2C[C@@H]1CC[C@H]2c1cc(C2CC(N)C2)on1. The zero-order valence-electron chi connectivity index (χ0n) is 14.2. The minimum absolute atomic E-state index is 0.000208. The highest BCUT2D eigenvalue weighted by Gasteiger charge is 2.47. The number of nitrogens with zero attached hydrogens (tertiary/aromatic N) is 3. The van der Waals surface area contributed by atoms with E-state index in [1.54, 1.807) is 5.06 Å². The van der Waals surface area contributed by atoms with Gasteiger partial charge in [-0.25, -0.2) is 4.79 Å². The van der Waals surface area contributed by atoms with Crippen LogP contribution in [0.15, 0.2) is 10.6 Å². The Morgan fingerprint density at radius 3 is 3.00 bits per heavy atom. The van der Waals surface area contributed by atoms with Gasteiger partial charge in [-0.1, -0.05) is 18.5 Å². The molecule has 4 rings (SSSR count). The Morgan fingerprint density at radius 2 is 2.25 bits per heavy atom. The van der Waals surface area contributed by atoms with Crippen LogP contribution in [0.2, 0.25) is 0 Å². The first-order valence-corrected chi connectivity index (χ1v) is 9.12. The third-order valence-electron chi connectivity index (χ3n) is 5.52. The Morgan fingerprint density at radius 1 is 1.42 bits per heavy atom. The second kappa shape index (κ2) is 6.37. The van der Waals surface area contributed by atoms with E-state index >= 15 is 0 Å². The van der Waals surface area contributed by atoms with E-state index in [2.05, 4.69) is 12.1 Å². The van der Waals surface area contributed by atoms with Gasteiger partial charge >= 0.3 is 6.03 Å². The topological polar surface area (TPSA) is 84.8 Å². The summed E-state index contributed by atoms with van der Waals surface area (Å²) < 4.78 is 5.53. The second-order valence-corrected chi connectivity index (χ2v) is 7.28. The summed E-state index contributed by atoms with van der Waals surface area (Å²) in [5.41, 5.74) is 6.72. The standard InChI is InChI=1S/C17H26N4O3/c1-2-3-6-23-21-13-4-5-15(20(10-13)17(21)22)14-9-16(24-19-14)11-7-12(18)8-11/h9,11-13,15H,2-8,10,18H2,1H3/t11?,12?,13-,15-/m0/s1. The normalized spacial score (nSPS) is 32.3. The van der Waals surface area contributed by atoms with Crippen molar-refractivity contribution in [2.24, 2.45) is 5.73 Å². The molecule has 24 heavy (non-hydrogen) atoms. The van der Waals surface area contributed by atoms with E-state index in [-0.39, 0.29) is 24.2 Å². The number of aromatic nitrogens is 1. The summed E-state index contributed by atoms with van der Waals surface area (Å²) in [7, 11) is 0. The number of fused-ring (bicyclic) bond motifs is 2. The van der Waals surface area contributed by atoms with Crippen molar-refractivity contribution < 1.29 is 14.2 Å². The van der Waals surface area contributed by atoms with Crippen LogP contribution in [0.4, 0.5) is 4.79 Å². The molecule has 2 amide bonds. The molecule has 2 atom stereocenters. The maximum atomic E-state index is 12.7. The number of hydrogen-bond donors (Lipinski definition) is 1. The van der Waals surface area contributed by atoms with Gasteiger partial charge in [0.25, 0.3) is 0 Å². The van der Waals surface area contributed by atoms with Crippen molar-refractivity contribution in [2.75, 3.05) is 13.2 Å². The number of urea groups is 1. The van der Waals surface area contributed by atoms with Gasteiger partial charge in [0.15, 0.2) is 0 Å². The summed E-state index contributed by atoms with van der Waals surface area (Å²) in [4.78, 5) is 20.3. The Hall–Kier alpha value is -1.60. The molecule has 1 saturated carbocycles. The van der Waals surface area contributed by atoms with Crippen LogP contribution in [0.5, 0.6) is 0 Å². The lowest BCUT2D eigenvalue weighted by atomic mass is 9.79. The summed E-state index contributed by atoms with van der Waals surface area (Å²) in [5, 5.41) is 5.84. The molecule has 1 aromatic rings. The average molecular weight is 334 g/mol. The molecule has 0 spiro atoms. The van der Waals surface area contributed by atoms with E-state index in [1.807, 2.05) is 11.0 Å². The van der Waals surface area contributed by atoms with Gasteiger partial charge in [-0.05, 0) is 32.1 Å². The molecular formula is C17H26N4O3. The smallest absolute Gasteiger partial charge is 0.344 e. The van der Waals surface area contributed by atoms with Gasteiger partial charge in [-0.2, -0.15) is 5.06 Å². The number of carbonyl (C=O) groups is 1. The minimum Gasteiger partial charge on any atom is -0.361 e. The monoisotopic (exact) mass is 334 g/mol. The first-order valence-electron chi connectivity index (χ1n) is 9.12. The Balaban J connectivity index is 1.43. The highest BCUT2D eigenvalue weighted by molar-refractivity contribution is 5.77. The number of nitrogens with two attached hydrogens (primary N) is 1. The van der Waals surface area contributed by atoms with Crippen molar-refractivity contribution in [3.8, 4) is 0 Å². The van der Waals surface area contributed by atoms with Gasteiger partial charge < -0.3 is 15.2 Å². The van der Waals surface area contributed by atoms with E-state index < -0.39 is 0 Å². The van der Waals surface area contributed by atoms with Crippen LogP contribution < -0.4 is 5.73 Å². The highest BCUT2D eigenvalue weighted by atomic mass is 16.7. The van der Waals surface area contributed by atoms with E-state index in [4.69, 9.17) is 15.1 Å². The highest BCUT2D eigenvalue weighted by Crippen LogP contribution is 2.41. The van der Waals surface area contributed by atoms with Crippen LogP contribution >= 0.6 is 0 Å². The first-order chi connectivity index (χ1) is 11.7. The molecule has 132 valence electrons. The van der Waals surface area contributed by atoms with Gasteiger partial charge in [0.2, 0.25) is 0 Å². The predicted octanol–water partition coefficient (Wildman–Crippen LogP) is 2.55. The van der Waals surface area contributed by atoms with E-state index in [1.165, 1.54) is 0 Å². The number of unbranched alkanes of at least 4 members (excludes halogenated alkanes) is 1. The van der Waals surface area contributed by atoms with Crippen LogP contribution in [-0.4, -0.2) is 46.4 Å². The predicted molar refractivity (Wildman–Crippen MR) is 87.0 cm³/mol. The van der Waals surface area contributed by atoms with Crippen molar-refractivity contribution in [1.29, 1.82) is 0 Å². The summed E-state index contributed by atoms with van der Waals surface area (Å²) in [6.45, 7) is 3.43. The van der Waals surface area contributed by atoms with Gasteiger partial charge in [-0.3, -0.25) is 4.84 Å². The average Bonchev–Trinajstić information content (AvgIpc) is 3.12. The Labute approximate surface area is 142 Å². The molecule has 7 heteroatoms. The largest absolute Gasteiger partial charge is 0.361 e. The fraction of sp³-hybridized carbons (Fsp3) is 0.765. The lowest BCUT2D eigenvalue weighted by Crippen LogP contribution is -2.35. The van der Waals surface area contributed by atoms with Crippen LogP contribution in [0, 0.1) is 0 Å². The lowest BCUT2D eigenvalue weighted by Gasteiger charge is -2.30. The van der Waals surface area contributed by atoms with E-state index in [0.717, 1.165) is 50.0 Å². The summed E-state index contributed by atoms with van der Waals surface area (Å²) >= 11 is 0. The van der Waals surface area contributed by atoms with Gasteiger partial charge in [0.1, 0.15) is 11.5 Å². The van der Waals surface area contributed by atoms with Crippen molar-refractivity contribution in [3.63, 3.8) is 0 Å². The summed E-state index contributed by atoms with van der Waals surface area (Å²) in [6.07, 6.45) is 5.80. The first kappa shape index (κ1) is 15.9. The fourth-order valence-electron chi connectivity index (χ4n) is 3.96. The summed E-state index contributed by atoms with van der Waals surface area (Å²) in [6, 6.07) is 2.44. The molecule has 0 aromatic carbocycles. The number of amides is 2.